The summed E-state index contributed by atoms with van der Waals surface area (Å²) in [6, 6.07) is 5.19. The molecule has 0 aliphatic carbocycles. The maximum atomic E-state index is 11.8. The van der Waals surface area contributed by atoms with Crippen LogP contribution in [-0.2, 0) is 4.74 Å². The van der Waals surface area contributed by atoms with E-state index in [1.165, 1.54) is 0 Å². The van der Waals surface area contributed by atoms with Crippen molar-refractivity contribution in [2.45, 2.75) is 13.8 Å². The van der Waals surface area contributed by atoms with E-state index >= 15 is 0 Å². The molecule has 98 valence electrons. The first kappa shape index (κ1) is 13.0. The van der Waals surface area contributed by atoms with Gasteiger partial charge in [0.15, 0.2) is 0 Å². The minimum Gasteiger partial charge on any atom is -0.462 e. The van der Waals surface area contributed by atoms with Crippen molar-refractivity contribution >= 4 is 5.97 Å². The molecule has 19 heavy (non-hydrogen) atoms. The van der Waals surface area contributed by atoms with E-state index in [4.69, 9.17) is 4.74 Å². The van der Waals surface area contributed by atoms with E-state index in [2.05, 4.69) is 9.97 Å². The van der Waals surface area contributed by atoms with Crippen molar-refractivity contribution in [2.75, 3.05) is 6.61 Å². The van der Waals surface area contributed by atoms with Gasteiger partial charge in [-0.1, -0.05) is 0 Å². The van der Waals surface area contributed by atoms with Crippen LogP contribution in [0, 0.1) is 6.92 Å². The Kier molecular flexibility index (Phi) is 3.75. The number of pyridine rings is 2. The predicted molar refractivity (Wildman–Crippen MR) is 71.0 cm³/mol. The number of aromatic amines is 1. The Bertz CT molecular complexity index is 647. The van der Waals surface area contributed by atoms with E-state index in [0.717, 1.165) is 11.1 Å². The SMILES string of the molecule is CCOC(=O)c1cc(-c2ccncc2)c(C)[nH]c1=O. The fraction of sp³-hybridized carbons (Fsp3) is 0.214. The van der Waals surface area contributed by atoms with Gasteiger partial charge in [0.05, 0.1) is 6.61 Å². The lowest BCUT2D eigenvalue weighted by Crippen LogP contribution is -2.20. The van der Waals surface area contributed by atoms with Gasteiger partial charge in [0.1, 0.15) is 5.56 Å². The zero-order valence-corrected chi connectivity index (χ0v) is 10.8. The van der Waals surface area contributed by atoms with Crippen LogP contribution < -0.4 is 5.56 Å². The average Bonchev–Trinajstić information content (AvgIpc) is 2.40. The number of nitrogens with zero attached hydrogens (tertiary/aromatic N) is 1. The van der Waals surface area contributed by atoms with Gasteiger partial charge >= 0.3 is 5.97 Å². The van der Waals surface area contributed by atoms with Crippen LogP contribution >= 0.6 is 0 Å². The zero-order valence-electron chi connectivity index (χ0n) is 10.8. The van der Waals surface area contributed by atoms with E-state index in [-0.39, 0.29) is 12.2 Å². The lowest BCUT2D eigenvalue weighted by Gasteiger charge is -2.08. The molecule has 0 bridgehead atoms. The standard InChI is InChI=1S/C14H14N2O3/c1-3-19-14(18)12-8-11(9(2)16-13(12)17)10-4-6-15-7-5-10/h4-8H,3H2,1-2H3,(H,16,17). The van der Waals surface area contributed by atoms with Gasteiger partial charge in [-0.15, -0.1) is 0 Å². The smallest absolute Gasteiger partial charge is 0.343 e. The Morgan fingerprint density at radius 1 is 1.37 bits per heavy atom. The summed E-state index contributed by atoms with van der Waals surface area (Å²) in [6.07, 6.45) is 3.31. The summed E-state index contributed by atoms with van der Waals surface area (Å²) in [7, 11) is 0. The van der Waals surface area contributed by atoms with Gasteiger partial charge in [0, 0.05) is 23.7 Å². The van der Waals surface area contributed by atoms with Gasteiger partial charge in [-0.3, -0.25) is 9.78 Å². The Balaban J connectivity index is 2.55. The molecule has 0 saturated carbocycles. The third-order valence-electron chi connectivity index (χ3n) is 2.73. The van der Waals surface area contributed by atoms with Gasteiger partial charge < -0.3 is 9.72 Å². The van der Waals surface area contributed by atoms with Crippen LogP contribution in [0.4, 0.5) is 0 Å². The largest absolute Gasteiger partial charge is 0.462 e. The number of aromatic nitrogens is 2. The number of H-pyrrole nitrogens is 1. The third kappa shape index (κ3) is 2.70. The molecule has 2 heterocycles. The van der Waals surface area contributed by atoms with Gasteiger partial charge in [0.2, 0.25) is 0 Å². The fourth-order valence-corrected chi connectivity index (χ4v) is 1.81. The number of carbonyl (C=O) groups is 1. The predicted octanol–water partition coefficient (Wildman–Crippen LogP) is 1.92. The second-order valence-corrected chi connectivity index (χ2v) is 4.01. The lowest BCUT2D eigenvalue weighted by atomic mass is 10.0. The molecule has 0 spiro atoms. The molecule has 1 N–H and O–H groups in total. The van der Waals surface area contributed by atoms with Crippen molar-refractivity contribution in [3.8, 4) is 11.1 Å². The van der Waals surface area contributed by atoms with Gasteiger partial charge in [0.25, 0.3) is 5.56 Å². The summed E-state index contributed by atoms with van der Waals surface area (Å²) in [6.45, 7) is 3.72. The molecule has 0 amide bonds. The minimum atomic E-state index is -0.612. The van der Waals surface area contributed by atoms with Crippen LogP contribution in [0.25, 0.3) is 11.1 Å². The van der Waals surface area contributed by atoms with Crippen molar-refractivity contribution < 1.29 is 9.53 Å². The summed E-state index contributed by atoms with van der Waals surface area (Å²) in [5, 5.41) is 0. The molecule has 5 nitrogen and oxygen atoms in total. The topological polar surface area (TPSA) is 72.0 Å². The zero-order chi connectivity index (χ0) is 13.8. The van der Waals surface area contributed by atoms with Crippen molar-refractivity contribution in [2.24, 2.45) is 0 Å². The molecule has 0 fully saturated rings. The lowest BCUT2D eigenvalue weighted by molar-refractivity contribution is 0.0524. The van der Waals surface area contributed by atoms with E-state index < -0.39 is 11.5 Å². The van der Waals surface area contributed by atoms with E-state index in [1.54, 1.807) is 32.3 Å². The molecular weight excluding hydrogens is 244 g/mol. The number of hydrogen-bond acceptors (Lipinski definition) is 4. The van der Waals surface area contributed by atoms with Crippen LogP contribution in [-0.4, -0.2) is 22.5 Å². The molecule has 0 aliphatic heterocycles. The first-order valence-electron chi connectivity index (χ1n) is 5.95. The number of aryl methyl sites for hydroxylation is 1. The number of hydrogen-bond donors (Lipinski definition) is 1. The van der Waals surface area contributed by atoms with Gasteiger partial charge in [-0.05, 0) is 37.6 Å². The number of esters is 1. The molecule has 0 saturated heterocycles. The highest BCUT2D eigenvalue weighted by atomic mass is 16.5. The normalized spacial score (nSPS) is 10.2. The maximum Gasteiger partial charge on any atom is 0.343 e. The van der Waals surface area contributed by atoms with E-state index in [0.29, 0.717) is 5.69 Å². The summed E-state index contributed by atoms with van der Waals surface area (Å²) < 4.78 is 4.87. The Morgan fingerprint density at radius 3 is 2.68 bits per heavy atom. The first-order valence-corrected chi connectivity index (χ1v) is 5.95. The van der Waals surface area contributed by atoms with Crippen LogP contribution in [0.3, 0.4) is 0 Å². The molecule has 5 heteroatoms. The second kappa shape index (κ2) is 5.48. The Morgan fingerprint density at radius 2 is 2.05 bits per heavy atom. The second-order valence-electron chi connectivity index (χ2n) is 4.01. The van der Waals surface area contributed by atoms with Crippen LogP contribution in [0.2, 0.25) is 0 Å². The first-order chi connectivity index (χ1) is 9.13. The number of ether oxygens (including phenoxy) is 1. The van der Waals surface area contributed by atoms with Crippen LogP contribution in [0.15, 0.2) is 35.4 Å². The van der Waals surface area contributed by atoms with Gasteiger partial charge in [-0.2, -0.15) is 0 Å². The number of rotatable bonds is 3. The summed E-state index contributed by atoms with van der Waals surface area (Å²) in [5.41, 5.74) is 1.94. The molecule has 0 radical (unpaired) electrons. The molecule has 0 aliphatic rings. The highest BCUT2D eigenvalue weighted by Crippen LogP contribution is 2.21. The van der Waals surface area contributed by atoms with Crippen LogP contribution in [0.5, 0.6) is 0 Å². The molecule has 0 unspecified atom stereocenters. The van der Waals surface area contributed by atoms with Crippen molar-refractivity contribution in [1.29, 1.82) is 0 Å². The summed E-state index contributed by atoms with van der Waals surface area (Å²) in [4.78, 5) is 30.1. The molecule has 0 aromatic carbocycles. The summed E-state index contributed by atoms with van der Waals surface area (Å²) >= 11 is 0. The number of nitrogens with one attached hydrogen (secondary N) is 1. The van der Waals surface area contributed by atoms with E-state index in [9.17, 15) is 9.59 Å². The Labute approximate surface area is 110 Å². The average molecular weight is 258 g/mol. The van der Waals surface area contributed by atoms with Gasteiger partial charge in [-0.25, -0.2) is 4.79 Å². The highest BCUT2D eigenvalue weighted by Gasteiger charge is 2.15. The highest BCUT2D eigenvalue weighted by molar-refractivity contribution is 5.90. The van der Waals surface area contributed by atoms with Crippen molar-refractivity contribution in [3.05, 3.63) is 52.2 Å². The fourth-order valence-electron chi connectivity index (χ4n) is 1.81. The monoisotopic (exact) mass is 258 g/mol. The molecule has 2 rings (SSSR count). The number of carbonyl (C=O) groups excluding carboxylic acids is 1. The molecule has 2 aromatic heterocycles. The molecular formula is C14H14N2O3. The Hall–Kier alpha value is -2.43. The van der Waals surface area contributed by atoms with Crippen molar-refractivity contribution in [3.63, 3.8) is 0 Å². The maximum absolute atomic E-state index is 11.8. The van der Waals surface area contributed by atoms with E-state index in [1.807, 2.05) is 12.1 Å². The molecule has 0 atom stereocenters. The van der Waals surface area contributed by atoms with Crippen molar-refractivity contribution in [1.82, 2.24) is 9.97 Å². The third-order valence-corrected chi connectivity index (χ3v) is 2.73. The summed E-state index contributed by atoms with van der Waals surface area (Å²) in [5.74, 6) is -0.612. The molecule has 2 aromatic rings. The van der Waals surface area contributed by atoms with Crippen LogP contribution in [0.1, 0.15) is 23.0 Å². The minimum absolute atomic E-state index is 0.0132. The quantitative estimate of drug-likeness (QED) is 0.854.